The maximum absolute atomic E-state index is 12.4. The monoisotopic (exact) mass is 397 g/mol. The summed E-state index contributed by atoms with van der Waals surface area (Å²) in [5, 5.41) is 8.83. The van der Waals surface area contributed by atoms with Crippen molar-refractivity contribution in [2.45, 2.75) is 39.5 Å². The molecule has 0 spiro atoms. The van der Waals surface area contributed by atoms with E-state index in [0.29, 0.717) is 30.2 Å². The van der Waals surface area contributed by atoms with E-state index in [0.717, 1.165) is 31.4 Å². The molecule has 0 heterocycles. The first-order chi connectivity index (χ1) is 14.1. The lowest BCUT2D eigenvalue weighted by Crippen LogP contribution is -2.25. The minimum Gasteiger partial charge on any atom is -0.491 e. The highest BCUT2D eigenvalue weighted by Gasteiger charge is 2.09. The Morgan fingerprint density at radius 2 is 1.76 bits per heavy atom. The van der Waals surface area contributed by atoms with Gasteiger partial charge >= 0.3 is 0 Å². The summed E-state index contributed by atoms with van der Waals surface area (Å²) in [5.41, 5.74) is 1.94. The number of carbonyl (C=O) groups is 2. The zero-order chi connectivity index (χ0) is 20.9. The minimum atomic E-state index is -0.186. The molecule has 0 saturated carbocycles. The summed E-state index contributed by atoms with van der Waals surface area (Å²) in [6.07, 6.45) is 4.00. The van der Waals surface area contributed by atoms with Crippen LogP contribution < -0.4 is 20.7 Å². The molecule has 2 aromatic carbocycles. The average Bonchev–Trinajstić information content (AvgIpc) is 2.74. The molecule has 0 fully saturated rings. The van der Waals surface area contributed by atoms with Crippen LogP contribution in [0.4, 0.5) is 11.4 Å². The Bertz CT molecular complexity index is 792. The van der Waals surface area contributed by atoms with Crippen molar-refractivity contribution in [3.8, 4) is 5.75 Å². The first-order valence-electron chi connectivity index (χ1n) is 10.3. The molecule has 2 rings (SSSR count). The lowest BCUT2D eigenvalue weighted by Gasteiger charge is -2.13. The fourth-order valence-corrected chi connectivity index (χ4v) is 2.65. The van der Waals surface area contributed by atoms with Crippen LogP contribution in [-0.4, -0.2) is 31.5 Å². The standard InChI is InChI=1S/C23H31N3O3/c1-3-5-14-24-23(28)18-10-9-11-19(16-18)25-17-22(27)26-20-12-7-8-13-21(20)29-15-6-4-2/h7-13,16,25H,3-6,14-15,17H2,1-2H3,(H,24,28)(H,26,27). The van der Waals surface area contributed by atoms with E-state index in [-0.39, 0.29) is 18.4 Å². The molecule has 0 aliphatic carbocycles. The van der Waals surface area contributed by atoms with Crippen LogP contribution in [0, 0.1) is 0 Å². The number of unbranched alkanes of at least 4 members (excludes halogenated alkanes) is 2. The summed E-state index contributed by atoms with van der Waals surface area (Å²) in [6.45, 7) is 5.55. The maximum Gasteiger partial charge on any atom is 0.251 e. The van der Waals surface area contributed by atoms with E-state index in [9.17, 15) is 9.59 Å². The normalized spacial score (nSPS) is 10.3. The van der Waals surface area contributed by atoms with Crippen molar-refractivity contribution in [2.24, 2.45) is 0 Å². The highest BCUT2D eigenvalue weighted by molar-refractivity contribution is 5.96. The van der Waals surface area contributed by atoms with Gasteiger partial charge in [0.25, 0.3) is 5.91 Å². The largest absolute Gasteiger partial charge is 0.491 e. The number of carbonyl (C=O) groups excluding carboxylic acids is 2. The molecular weight excluding hydrogens is 366 g/mol. The first-order valence-corrected chi connectivity index (χ1v) is 10.3. The fraction of sp³-hybridized carbons (Fsp3) is 0.391. The lowest BCUT2D eigenvalue weighted by molar-refractivity contribution is -0.114. The van der Waals surface area contributed by atoms with Crippen LogP contribution in [0.3, 0.4) is 0 Å². The van der Waals surface area contributed by atoms with E-state index in [2.05, 4.69) is 29.8 Å². The van der Waals surface area contributed by atoms with Gasteiger partial charge in [0.2, 0.25) is 5.91 Å². The number of anilines is 2. The molecule has 0 radical (unpaired) electrons. The Kier molecular flexibility index (Phi) is 9.55. The fourth-order valence-electron chi connectivity index (χ4n) is 2.65. The summed E-state index contributed by atoms with van der Waals surface area (Å²) < 4.78 is 5.74. The predicted octanol–water partition coefficient (Wildman–Crippen LogP) is 4.45. The van der Waals surface area contributed by atoms with Gasteiger partial charge in [0, 0.05) is 17.8 Å². The molecule has 6 nitrogen and oxygen atoms in total. The molecule has 0 unspecified atom stereocenters. The number of para-hydroxylation sites is 2. The molecule has 0 aliphatic heterocycles. The van der Waals surface area contributed by atoms with Crippen molar-refractivity contribution >= 4 is 23.2 Å². The molecule has 0 aromatic heterocycles. The van der Waals surface area contributed by atoms with E-state index in [1.54, 1.807) is 18.2 Å². The number of benzene rings is 2. The highest BCUT2D eigenvalue weighted by Crippen LogP contribution is 2.24. The molecule has 0 saturated heterocycles. The first kappa shape index (κ1) is 22.3. The maximum atomic E-state index is 12.4. The third-order valence-electron chi connectivity index (χ3n) is 4.31. The average molecular weight is 398 g/mol. The van der Waals surface area contributed by atoms with Crippen molar-refractivity contribution in [3.05, 3.63) is 54.1 Å². The van der Waals surface area contributed by atoms with Gasteiger partial charge in [-0.05, 0) is 43.2 Å². The summed E-state index contributed by atoms with van der Waals surface area (Å²) >= 11 is 0. The Labute approximate surface area is 173 Å². The van der Waals surface area contributed by atoms with Gasteiger partial charge in [-0.25, -0.2) is 0 Å². The lowest BCUT2D eigenvalue weighted by atomic mass is 10.2. The third-order valence-corrected chi connectivity index (χ3v) is 4.31. The van der Waals surface area contributed by atoms with Crippen molar-refractivity contribution in [2.75, 3.05) is 30.3 Å². The second-order valence-electron chi connectivity index (χ2n) is 6.79. The van der Waals surface area contributed by atoms with E-state index < -0.39 is 0 Å². The number of rotatable bonds is 12. The zero-order valence-corrected chi connectivity index (χ0v) is 17.3. The molecule has 0 bridgehead atoms. The van der Waals surface area contributed by atoms with Gasteiger partial charge in [0.1, 0.15) is 5.75 Å². The summed E-state index contributed by atoms with van der Waals surface area (Å²) in [4.78, 5) is 24.5. The van der Waals surface area contributed by atoms with Gasteiger partial charge in [-0.1, -0.05) is 44.9 Å². The van der Waals surface area contributed by atoms with Gasteiger partial charge in [-0.2, -0.15) is 0 Å². The second kappa shape index (κ2) is 12.4. The predicted molar refractivity (Wildman–Crippen MR) is 118 cm³/mol. The van der Waals surface area contributed by atoms with Crippen LogP contribution in [0.15, 0.2) is 48.5 Å². The molecule has 2 amide bonds. The quantitative estimate of drug-likeness (QED) is 0.463. The van der Waals surface area contributed by atoms with E-state index in [1.807, 2.05) is 30.3 Å². The van der Waals surface area contributed by atoms with Crippen molar-refractivity contribution in [1.29, 1.82) is 0 Å². The van der Waals surface area contributed by atoms with Crippen LogP contribution in [0.25, 0.3) is 0 Å². The second-order valence-corrected chi connectivity index (χ2v) is 6.79. The zero-order valence-electron chi connectivity index (χ0n) is 17.3. The van der Waals surface area contributed by atoms with E-state index >= 15 is 0 Å². The van der Waals surface area contributed by atoms with Crippen molar-refractivity contribution in [3.63, 3.8) is 0 Å². The number of ether oxygens (including phenoxy) is 1. The molecule has 6 heteroatoms. The third kappa shape index (κ3) is 7.86. The van der Waals surface area contributed by atoms with Gasteiger partial charge in [-0.3, -0.25) is 9.59 Å². The number of nitrogens with one attached hydrogen (secondary N) is 3. The van der Waals surface area contributed by atoms with Crippen LogP contribution in [0.5, 0.6) is 5.75 Å². The Balaban J connectivity index is 1.88. The molecule has 156 valence electrons. The smallest absolute Gasteiger partial charge is 0.251 e. The van der Waals surface area contributed by atoms with E-state index in [1.165, 1.54) is 0 Å². The van der Waals surface area contributed by atoms with Crippen LogP contribution in [0.2, 0.25) is 0 Å². The van der Waals surface area contributed by atoms with Crippen molar-refractivity contribution < 1.29 is 14.3 Å². The number of amides is 2. The molecule has 0 atom stereocenters. The Morgan fingerprint density at radius 1 is 0.966 bits per heavy atom. The van der Waals surface area contributed by atoms with Crippen LogP contribution >= 0.6 is 0 Å². The Morgan fingerprint density at radius 3 is 2.55 bits per heavy atom. The summed E-state index contributed by atoms with van der Waals surface area (Å²) in [5.74, 6) is 0.374. The number of hydrogen-bond donors (Lipinski definition) is 3. The SMILES string of the molecule is CCCCNC(=O)c1cccc(NCC(=O)Nc2ccccc2OCCCC)c1. The molecule has 0 aliphatic rings. The Hall–Kier alpha value is -3.02. The highest BCUT2D eigenvalue weighted by atomic mass is 16.5. The topological polar surface area (TPSA) is 79.5 Å². The molecule has 2 aromatic rings. The van der Waals surface area contributed by atoms with Crippen LogP contribution in [-0.2, 0) is 4.79 Å². The summed E-state index contributed by atoms with van der Waals surface area (Å²) in [6, 6.07) is 14.5. The number of hydrogen-bond acceptors (Lipinski definition) is 4. The molecule has 29 heavy (non-hydrogen) atoms. The van der Waals surface area contributed by atoms with E-state index in [4.69, 9.17) is 4.74 Å². The molecule has 3 N–H and O–H groups in total. The van der Waals surface area contributed by atoms with Gasteiger partial charge < -0.3 is 20.7 Å². The van der Waals surface area contributed by atoms with Gasteiger partial charge in [-0.15, -0.1) is 0 Å². The van der Waals surface area contributed by atoms with Gasteiger partial charge in [0.15, 0.2) is 0 Å². The molecular formula is C23H31N3O3. The van der Waals surface area contributed by atoms with Gasteiger partial charge in [0.05, 0.1) is 18.8 Å². The van der Waals surface area contributed by atoms with Crippen LogP contribution in [0.1, 0.15) is 49.9 Å². The van der Waals surface area contributed by atoms with Crippen molar-refractivity contribution in [1.82, 2.24) is 5.32 Å². The summed E-state index contributed by atoms with van der Waals surface area (Å²) in [7, 11) is 0. The minimum absolute atomic E-state index is 0.0875.